The fourth-order valence-corrected chi connectivity index (χ4v) is 4.20. The number of nitrogens with zero attached hydrogens (tertiary/aromatic N) is 5. The molecule has 0 spiro atoms. The Morgan fingerprint density at radius 1 is 1.17 bits per heavy atom. The Hall–Kier alpha value is -2.70. The van der Waals surface area contributed by atoms with Crippen molar-refractivity contribution in [3.63, 3.8) is 0 Å². The van der Waals surface area contributed by atoms with Crippen molar-refractivity contribution in [3.05, 3.63) is 47.8 Å². The van der Waals surface area contributed by atoms with E-state index < -0.39 is 0 Å². The Morgan fingerprint density at radius 3 is 2.52 bits per heavy atom. The van der Waals surface area contributed by atoms with Gasteiger partial charge in [-0.3, -0.25) is 9.59 Å². The van der Waals surface area contributed by atoms with Gasteiger partial charge in [0.2, 0.25) is 5.91 Å². The monoisotopic (exact) mass is 395 g/mol. The molecule has 2 heterocycles. The summed E-state index contributed by atoms with van der Waals surface area (Å²) in [5.74, 6) is 0.434. The molecule has 2 atom stereocenters. The maximum absolute atomic E-state index is 13.0. The number of hydrogen-bond acceptors (Lipinski definition) is 4. The summed E-state index contributed by atoms with van der Waals surface area (Å²) in [7, 11) is 0. The topological polar surface area (TPSA) is 71.3 Å². The molecule has 0 bridgehead atoms. The Balaban J connectivity index is 1.39. The minimum atomic E-state index is 0.0326. The first-order chi connectivity index (χ1) is 13.8. The molecule has 1 aliphatic heterocycles. The summed E-state index contributed by atoms with van der Waals surface area (Å²) >= 11 is 0. The number of benzene rings is 1. The lowest BCUT2D eigenvalue weighted by atomic mass is 10.1. The van der Waals surface area contributed by atoms with Crippen molar-refractivity contribution in [2.24, 2.45) is 11.3 Å². The Labute approximate surface area is 171 Å². The first kappa shape index (κ1) is 19.6. The third kappa shape index (κ3) is 4.18. The molecular weight excluding hydrogens is 366 g/mol. The second kappa shape index (κ2) is 7.61. The standard InChI is InChI=1S/C22H29N5O2/c1-16-14-25(10-4-11-27(16)21(29)19-13-22(19,2)3)20(28)18-7-5-17(6-8-18)15-26-12-9-23-24-26/h5-9,12,16,19H,4,10-11,13-15H2,1-3H3/t16?,19-/m1/s1. The van der Waals surface area contributed by atoms with Crippen LogP contribution in [-0.4, -0.2) is 62.3 Å². The van der Waals surface area contributed by atoms with Gasteiger partial charge in [-0.25, -0.2) is 4.68 Å². The van der Waals surface area contributed by atoms with E-state index in [1.807, 2.05) is 40.3 Å². The van der Waals surface area contributed by atoms with Gasteiger partial charge >= 0.3 is 0 Å². The Bertz CT molecular complexity index is 875. The first-order valence-electron chi connectivity index (χ1n) is 10.4. The molecule has 2 aromatic rings. The van der Waals surface area contributed by atoms with Crippen molar-refractivity contribution in [3.8, 4) is 0 Å². The predicted molar refractivity (Wildman–Crippen MR) is 109 cm³/mol. The van der Waals surface area contributed by atoms with Crippen LogP contribution in [0.15, 0.2) is 36.7 Å². The van der Waals surface area contributed by atoms with Gasteiger partial charge in [0, 0.05) is 43.4 Å². The molecule has 1 aromatic heterocycles. The summed E-state index contributed by atoms with van der Waals surface area (Å²) in [6.07, 6.45) is 5.25. The number of aromatic nitrogens is 3. The second-order valence-corrected chi connectivity index (χ2v) is 9.03. The highest BCUT2D eigenvalue weighted by atomic mass is 16.2. The molecule has 0 radical (unpaired) electrons. The SMILES string of the molecule is CC1CN(C(=O)c2ccc(Cn3ccnn3)cc2)CCCN1C(=O)[C@H]1CC1(C)C. The largest absolute Gasteiger partial charge is 0.338 e. The lowest BCUT2D eigenvalue weighted by Crippen LogP contribution is -2.45. The normalized spacial score (nSPS) is 23.6. The summed E-state index contributed by atoms with van der Waals surface area (Å²) < 4.78 is 1.75. The molecule has 1 unspecified atom stereocenters. The molecule has 2 amide bonds. The molecule has 1 aromatic carbocycles. The lowest BCUT2D eigenvalue weighted by molar-refractivity contribution is -0.135. The van der Waals surface area contributed by atoms with Crippen LogP contribution in [0.1, 0.15) is 49.5 Å². The lowest BCUT2D eigenvalue weighted by Gasteiger charge is -2.29. The molecule has 154 valence electrons. The number of amides is 2. The number of rotatable bonds is 4. The summed E-state index contributed by atoms with van der Waals surface area (Å²) in [6, 6.07) is 7.71. The van der Waals surface area contributed by atoms with Crippen LogP contribution in [0.25, 0.3) is 0 Å². The molecule has 1 aliphatic carbocycles. The number of carbonyl (C=O) groups is 2. The molecule has 0 N–H and O–H groups in total. The quantitative estimate of drug-likeness (QED) is 0.797. The molecule has 4 rings (SSSR count). The van der Waals surface area contributed by atoms with Gasteiger partial charge in [-0.15, -0.1) is 5.10 Å². The number of carbonyl (C=O) groups excluding carboxylic acids is 2. The zero-order chi connectivity index (χ0) is 20.6. The summed E-state index contributed by atoms with van der Waals surface area (Å²) in [4.78, 5) is 29.8. The Morgan fingerprint density at radius 2 is 1.90 bits per heavy atom. The van der Waals surface area contributed by atoms with E-state index in [2.05, 4.69) is 31.1 Å². The van der Waals surface area contributed by atoms with E-state index in [9.17, 15) is 9.59 Å². The van der Waals surface area contributed by atoms with E-state index in [1.54, 1.807) is 10.9 Å². The maximum atomic E-state index is 13.0. The third-order valence-electron chi connectivity index (χ3n) is 6.24. The van der Waals surface area contributed by atoms with Crippen LogP contribution >= 0.6 is 0 Å². The van der Waals surface area contributed by atoms with Gasteiger partial charge in [0.05, 0.1) is 12.7 Å². The fraction of sp³-hybridized carbons (Fsp3) is 0.545. The van der Waals surface area contributed by atoms with Crippen LogP contribution in [0, 0.1) is 11.3 Å². The summed E-state index contributed by atoms with van der Waals surface area (Å²) in [6.45, 7) is 8.98. The van der Waals surface area contributed by atoms with Crippen LogP contribution in [0.2, 0.25) is 0 Å². The van der Waals surface area contributed by atoms with Gasteiger partial charge in [0.15, 0.2) is 0 Å². The van der Waals surface area contributed by atoms with E-state index in [4.69, 9.17) is 0 Å². The highest BCUT2D eigenvalue weighted by Crippen LogP contribution is 2.52. The molecule has 1 saturated carbocycles. The molecule has 7 nitrogen and oxygen atoms in total. The first-order valence-corrected chi connectivity index (χ1v) is 10.4. The Kier molecular flexibility index (Phi) is 5.15. The van der Waals surface area contributed by atoms with Crippen molar-refractivity contribution in [2.75, 3.05) is 19.6 Å². The van der Waals surface area contributed by atoms with Crippen LogP contribution < -0.4 is 0 Å². The minimum absolute atomic E-state index is 0.0326. The van der Waals surface area contributed by atoms with Gasteiger partial charge in [0.1, 0.15) is 0 Å². The van der Waals surface area contributed by atoms with Crippen LogP contribution in [0.5, 0.6) is 0 Å². The summed E-state index contributed by atoms with van der Waals surface area (Å²) in [5, 5.41) is 7.77. The molecule has 29 heavy (non-hydrogen) atoms. The van der Waals surface area contributed by atoms with Crippen LogP contribution in [0.4, 0.5) is 0 Å². The molecular formula is C22H29N5O2. The van der Waals surface area contributed by atoms with Crippen molar-refractivity contribution in [1.29, 1.82) is 0 Å². The second-order valence-electron chi connectivity index (χ2n) is 9.03. The predicted octanol–water partition coefficient (Wildman–Crippen LogP) is 2.44. The van der Waals surface area contributed by atoms with E-state index >= 15 is 0 Å². The van der Waals surface area contributed by atoms with Gasteiger partial charge in [-0.1, -0.05) is 31.2 Å². The van der Waals surface area contributed by atoms with Gasteiger partial charge in [0.25, 0.3) is 5.91 Å². The molecule has 2 fully saturated rings. The minimum Gasteiger partial charge on any atom is -0.338 e. The highest BCUT2D eigenvalue weighted by molar-refractivity contribution is 5.94. The zero-order valence-electron chi connectivity index (χ0n) is 17.4. The van der Waals surface area contributed by atoms with Gasteiger partial charge < -0.3 is 9.80 Å². The average Bonchev–Trinajstić information content (AvgIpc) is 3.12. The fourth-order valence-electron chi connectivity index (χ4n) is 4.20. The average molecular weight is 396 g/mol. The van der Waals surface area contributed by atoms with Crippen LogP contribution in [0.3, 0.4) is 0 Å². The van der Waals surface area contributed by atoms with E-state index in [0.29, 0.717) is 25.2 Å². The van der Waals surface area contributed by atoms with E-state index in [-0.39, 0.29) is 29.2 Å². The van der Waals surface area contributed by atoms with E-state index in [1.165, 1.54) is 0 Å². The van der Waals surface area contributed by atoms with Crippen LogP contribution in [-0.2, 0) is 11.3 Å². The molecule has 1 saturated heterocycles. The highest BCUT2D eigenvalue weighted by Gasteiger charge is 2.52. The van der Waals surface area contributed by atoms with Crippen molar-refractivity contribution in [1.82, 2.24) is 24.8 Å². The molecule has 2 aliphatic rings. The maximum Gasteiger partial charge on any atom is 0.253 e. The van der Waals surface area contributed by atoms with Crippen molar-refractivity contribution >= 4 is 11.8 Å². The van der Waals surface area contributed by atoms with Gasteiger partial charge in [-0.05, 0) is 42.9 Å². The van der Waals surface area contributed by atoms with Crippen molar-refractivity contribution in [2.45, 2.75) is 46.2 Å². The molecule has 7 heteroatoms. The third-order valence-corrected chi connectivity index (χ3v) is 6.24. The van der Waals surface area contributed by atoms with Gasteiger partial charge in [-0.2, -0.15) is 0 Å². The summed E-state index contributed by atoms with van der Waals surface area (Å²) in [5.41, 5.74) is 1.88. The zero-order valence-corrected chi connectivity index (χ0v) is 17.4. The van der Waals surface area contributed by atoms with Crippen molar-refractivity contribution < 1.29 is 9.59 Å². The number of hydrogen-bond donors (Lipinski definition) is 0. The van der Waals surface area contributed by atoms with E-state index in [0.717, 1.165) is 24.9 Å². The smallest absolute Gasteiger partial charge is 0.253 e.